The van der Waals surface area contributed by atoms with Crippen molar-refractivity contribution in [3.63, 3.8) is 0 Å². The molecule has 0 bridgehead atoms. The van der Waals surface area contributed by atoms with Gasteiger partial charge in [-0.15, -0.1) is 0 Å². The molecule has 0 aromatic heterocycles. The van der Waals surface area contributed by atoms with Crippen molar-refractivity contribution in [1.29, 1.82) is 0 Å². The standard InChI is InChI=1S/C16H20F2N2O2/c17-16(18)9-15(5-6-19-14(15)22)10-20(11-16)7-12-1-3-13(8-21)4-2-12/h1-4,21H,5-11H2,(H,19,22). The number of alkyl halides is 2. The maximum atomic E-state index is 14.1. The molecule has 0 aliphatic carbocycles. The van der Waals surface area contributed by atoms with Crippen LogP contribution in [-0.4, -0.2) is 41.5 Å². The zero-order valence-electron chi connectivity index (χ0n) is 12.3. The predicted octanol–water partition coefficient (Wildman–Crippen LogP) is 1.53. The first-order valence-electron chi connectivity index (χ1n) is 7.50. The van der Waals surface area contributed by atoms with Gasteiger partial charge in [-0.3, -0.25) is 9.69 Å². The van der Waals surface area contributed by atoms with Gasteiger partial charge in [0.15, 0.2) is 0 Å². The molecule has 1 spiro atoms. The predicted molar refractivity (Wildman–Crippen MR) is 77.3 cm³/mol. The minimum absolute atomic E-state index is 0.0364. The van der Waals surface area contributed by atoms with Gasteiger partial charge in [0.2, 0.25) is 5.91 Å². The monoisotopic (exact) mass is 310 g/mol. The maximum absolute atomic E-state index is 14.1. The van der Waals surface area contributed by atoms with Crippen LogP contribution in [0.15, 0.2) is 24.3 Å². The average molecular weight is 310 g/mol. The number of likely N-dealkylation sites (tertiary alicyclic amines) is 1. The van der Waals surface area contributed by atoms with Crippen molar-refractivity contribution in [3.05, 3.63) is 35.4 Å². The number of rotatable bonds is 3. The van der Waals surface area contributed by atoms with Crippen LogP contribution in [-0.2, 0) is 17.9 Å². The van der Waals surface area contributed by atoms with E-state index in [4.69, 9.17) is 5.11 Å². The third-order valence-electron chi connectivity index (χ3n) is 4.56. The molecule has 22 heavy (non-hydrogen) atoms. The summed E-state index contributed by atoms with van der Waals surface area (Å²) in [6.07, 6.45) is 0.118. The molecule has 0 saturated carbocycles. The Morgan fingerprint density at radius 2 is 1.86 bits per heavy atom. The number of amides is 1. The molecular weight excluding hydrogens is 290 g/mol. The highest BCUT2D eigenvalue weighted by atomic mass is 19.3. The molecule has 1 unspecified atom stereocenters. The summed E-state index contributed by atoms with van der Waals surface area (Å²) in [4.78, 5) is 13.7. The second-order valence-electron chi connectivity index (χ2n) is 6.44. The number of nitrogens with one attached hydrogen (secondary N) is 1. The van der Waals surface area contributed by atoms with E-state index < -0.39 is 11.3 Å². The molecule has 2 heterocycles. The molecule has 4 nitrogen and oxygen atoms in total. The van der Waals surface area contributed by atoms with Crippen molar-refractivity contribution in [3.8, 4) is 0 Å². The van der Waals surface area contributed by atoms with Crippen molar-refractivity contribution in [1.82, 2.24) is 10.2 Å². The van der Waals surface area contributed by atoms with Gasteiger partial charge in [0.25, 0.3) is 5.92 Å². The lowest BCUT2D eigenvalue weighted by atomic mass is 9.77. The molecule has 2 aliphatic rings. The Labute approximate surface area is 128 Å². The van der Waals surface area contributed by atoms with E-state index in [1.165, 1.54) is 0 Å². The quantitative estimate of drug-likeness (QED) is 0.890. The molecule has 120 valence electrons. The van der Waals surface area contributed by atoms with E-state index in [-0.39, 0.29) is 25.5 Å². The fourth-order valence-corrected chi connectivity index (χ4v) is 3.57. The molecule has 2 N–H and O–H groups in total. The molecule has 1 aromatic rings. The number of carbonyl (C=O) groups excluding carboxylic acids is 1. The summed E-state index contributed by atoms with van der Waals surface area (Å²) >= 11 is 0. The number of aliphatic hydroxyl groups is 1. The van der Waals surface area contributed by atoms with Gasteiger partial charge in [-0.2, -0.15) is 0 Å². The Morgan fingerprint density at radius 1 is 1.18 bits per heavy atom. The van der Waals surface area contributed by atoms with Crippen LogP contribution in [0.3, 0.4) is 0 Å². The van der Waals surface area contributed by atoms with Crippen LogP contribution in [0.1, 0.15) is 24.0 Å². The van der Waals surface area contributed by atoms with Crippen molar-refractivity contribution in [2.24, 2.45) is 5.41 Å². The lowest BCUT2D eigenvalue weighted by molar-refractivity contribution is -0.149. The van der Waals surface area contributed by atoms with Gasteiger partial charge in [-0.25, -0.2) is 8.78 Å². The first-order chi connectivity index (χ1) is 10.4. The van der Waals surface area contributed by atoms with E-state index in [9.17, 15) is 13.6 Å². The van der Waals surface area contributed by atoms with Gasteiger partial charge in [-0.1, -0.05) is 24.3 Å². The second kappa shape index (κ2) is 5.59. The van der Waals surface area contributed by atoms with Gasteiger partial charge < -0.3 is 10.4 Å². The number of piperidine rings is 1. The molecule has 0 radical (unpaired) electrons. The Morgan fingerprint density at radius 3 is 2.45 bits per heavy atom. The fraction of sp³-hybridized carbons (Fsp3) is 0.562. The Bertz CT molecular complexity index is 562. The largest absolute Gasteiger partial charge is 0.392 e. The van der Waals surface area contributed by atoms with Gasteiger partial charge in [-0.05, 0) is 17.5 Å². The van der Waals surface area contributed by atoms with Gasteiger partial charge in [0.05, 0.1) is 18.6 Å². The second-order valence-corrected chi connectivity index (χ2v) is 6.44. The topological polar surface area (TPSA) is 52.6 Å². The third kappa shape index (κ3) is 2.98. The number of carbonyl (C=O) groups is 1. The van der Waals surface area contributed by atoms with E-state index in [2.05, 4.69) is 5.32 Å². The van der Waals surface area contributed by atoms with Crippen LogP contribution < -0.4 is 5.32 Å². The highest BCUT2D eigenvalue weighted by Crippen LogP contribution is 2.43. The van der Waals surface area contributed by atoms with Crippen LogP contribution >= 0.6 is 0 Å². The summed E-state index contributed by atoms with van der Waals surface area (Å²) in [6, 6.07) is 7.24. The molecule has 2 fully saturated rings. The van der Waals surface area contributed by atoms with E-state index in [1.54, 1.807) is 17.0 Å². The first kappa shape index (κ1) is 15.4. The Balaban J connectivity index is 1.76. The number of halogens is 2. The molecule has 2 saturated heterocycles. The van der Waals surface area contributed by atoms with E-state index in [0.29, 0.717) is 26.1 Å². The summed E-state index contributed by atoms with van der Waals surface area (Å²) in [5, 5.41) is 11.7. The zero-order valence-corrected chi connectivity index (χ0v) is 12.3. The molecule has 1 atom stereocenters. The van der Waals surface area contributed by atoms with Crippen LogP contribution in [0.5, 0.6) is 0 Å². The van der Waals surface area contributed by atoms with Gasteiger partial charge in [0.1, 0.15) is 0 Å². The third-order valence-corrected chi connectivity index (χ3v) is 4.56. The van der Waals surface area contributed by atoms with Gasteiger partial charge in [0, 0.05) is 26.1 Å². The molecule has 3 rings (SSSR count). The Kier molecular flexibility index (Phi) is 3.91. The van der Waals surface area contributed by atoms with Gasteiger partial charge >= 0.3 is 0 Å². The lowest BCUT2D eigenvalue weighted by Crippen LogP contribution is -2.54. The van der Waals surface area contributed by atoms with Crippen molar-refractivity contribution >= 4 is 5.91 Å². The number of benzene rings is 1. The number of aliphatic hydroxyl groups excluding tert-OH is 1. The number of nitrogens with zero attached hydrogens (tertiary/aromatic N) is 1. The molecule has 1 aromatic carbocycles. The summed E-state index contributed by atoms with van der Waals surface area (Å²) in [5.41, 5.74) is 0.745. The number of hydrogen-bond acceptors (Lipinski definition) is 3. The minimum Gasteiger partial charge on any atom is -0.392 e. The lowest BCUT2D eigenvalue weighted by Gasteiger charge is -2.42. The maximum Gasteiger partial charge on any atom is 0.261 e. The summed E-state index contributed by atoms with van der Waals surface area (Å²) < 4.78 is 28.2. The summed E-state index contributed by atoms with van der Waals surface area (Å²) in [7, 11) is 0. The van der Waals surface area contributed by atoms with Crippen molar-refractivity contribution in [2.45, 2.75) is 31.9 Å². The SMILES string of the molecule is O=C1NCCC12CN(Cc1ccc(CO)cc1)CC(F)(F)C2. The van der Waals surface area contributed by atoms with E-state index in [1.807, 2.05) is 12.1 Å². The highest BCUT2D eigenvalue weighted by Gasteiger charge is 2.54. The molecule has 1 amide bonds. The zero-order chi connectivity index (χ0) is 15.8. The first-order valence-corrected chi connectivity index (χ1v) is 7.50. The van der Waals surface area contributed by atoms with Crippen LogP contribution in [0.4, 0.5) is 8.78 Å². The van der Waals surface area contributed by atoms with Crippen LogP contribution in [0.25, 0.3) is 0 Å². The Hall–Kier alpha value is -1.53. The highest BCUT2D eigenvalue weighted by molar-refractivity contribution is 5.85. The van der Waals surface area contributed by atoms with Crippen LogP contribution in [0.2, 0.25) is 0 Å². The van der Waals surface area contributed by atoms with Crippen LogP contribution in [0, 0.1) is 5.41 Å². The fourth-order valence-electron chi connectivity index (χ4n) is 3.57. The minimum atomic E-state index is -2.84. The van der Waals surface area contributed by atoms with Crippen molar-refractivity contribution < 1.29 is 18.7 Å². The summed E-state index contributed by atoms with van der Waals surface area (Å²) in [6.45, 7) is 0.885. The molecular formula is C16H20F2N2O2. The molecule has 6 heteroatoms. The number of hydrogen-bond donors (Lipinski definition) is 2. The smallest absolute Gasteiger partial charge is 0.261 e. The normalized spacial score (nSPS) is 28.0. The molecule has 2 aliphatic heterocycles. The summed E-state index contributed by atoms with van der Waals surface area (Å²) in [5.74, 6) is -3.09. The average Bonchev–Trinajstić information content (AvgIpc) is 2.78. The van der Waals surface area contributed by atoms with Crippen molar-refractivity contribution in [2.75, 3.05) is 19.6 Å². The van der Waals surface area contributed by atoms with E-state index in [0.717, 1.165) is 11.1 Å². The van der Waals surface area contributed by atoms with E-state index >= 15 is 0 Å².